The molecule has 1 aromatic carbocycles. The van der Waals surface area contributed by atoms with Gasteiger partial charge in [0.25, 0.3) is 0 Å². The number of nitrogens with zero attached hydrogens (tertiary/aromatic N) is 2. The Bertz CT molecular complexity index is 487. The van der Waals surface area contributed by atoms with Crippen LogP contribution in [0.4, 0.5) is 0 Å². The van der Waals surface area contributed by atoms with Crippen LogP contribution in [-0.2, 0) is 13.2 Å². The van der Waals surface area contributed by atoms with Crippen LogP contribution in [0.5, 0.6) is 5.88 Å². The van der Waals surface area contributed by atoms with Crippen molar-refractivity contribution in [2.45, 2.75) is 13.2 Å². The largest absolute Gasteiger partial charge is 0.472 e. The van der Waals surface area contributed by atoms with E-state index in [-0.39, 0.29) is 0 Å². The number of hydrogen-bond donors (Lipinski definition) is 1. The van der Waals surface area contributed by atoms with Gasteiger partial charge in [-0.3, -0.25) is 0 Å². The van der Waals surface area contributed by atoms with Gasteiger partial charge in [-0.25, -0.2) is 0 Å². The number of nitrogens with two attached hydrogens (primary N) is 1. The highest BCUT2D eigenvalue weighted by molar-refractivity contribution is 9.10. The first-order chi connectivity index (χ1) is 8.28. The summed E-state index contributed by atoms with van der Waals surface area (Å²) in [6.45, 7) is 0.856. The molecule has 2 N–H and O–H groups in total. The Kier molecular flexibility index (Phi) is 4.06. The molecule has 2 aromatic rings. The lowest BCUT2D eigenvalue weighted by Crippen LogP contribution is -2.03. The Labute approximate surface area is 108 Å². The van der Waals surface area contributed by atoms with E-state index in [1.54, 1.807) is 6.07 Å². The molecule has 0 unspecified atom stereocenters. The fourth-order valence-corrected chi connectivity index (χ4v) is 1.76. The highest BCUT2D eigenvalue weighted by Gasteiger charge is 1.99. The fraction of sp³-hybridized carbons (Fsp3) is 0.167. The van der Waals surface area contributed by atoms with E-state index in [9.17, 15) is 0 Å². The summed E-state index contributed by atoms with van der Waals surface area (Å²) in [7, 11) is 0. The predicted molar refractivity (Wildman–Crippen MR) is 68.4 cm³/mol. The molecule has 0 fully saturated rings. The SMILES string of the molecule is NCc1ccc(OCc2cccc(Br)c2)nn1. The Morgan fingerprint density at radius 1 is 1.18 bits per heavy atom. The zero-order chi connectivity index (χ0) is 12.1. The standard InChI is InChI=1S/C12H12BrN3O/c13-10-3-1-2-9(6-10)8-17-12-5-4-11(7-14)15-16-12/h1-6H,7-8,14H2. The highest BCUT2D eigenvalue weighted by atomic mass is 79.9. The zero-order valence-corrected chi connectivity index (χ0v) is 10.7. The number of benzene rings is 1. The fourth-order valence-electron chi connectivity index (χ4n) is 1.32. The molecule has 1 aromatic heterocycles. The molecule has 0 radical (unpaired) electrons. The van der Waals surface area contributed by atoms with E-state index in [4.69, 9.17) is 10.5 Å². The minimum Gasteiger partial charge on any atom is -0.472 e. The maximum absolute atomic E-state index is 5.51. The van der Waals surface area contributed by atoms with E-state index in [2.05, 4.69) is 26.1 Å². The van der Waals surface area contributed by atoms with Gasteiger partial charge < -0.3 is 10.5 Å². The monoisotopic (exact) mass is 293 g/mol. The van der Waals surface area contributed by atoms with Gasteiger partial charge in [0.15, 0.2) is 0 Å². The molecule has 0 atom stereocenters. The second kappa shape index (κ2) is 5.75. The molecule has 5 heteroatoms. The van der Waals surface area contributed by atoms with E-state index in [1.165, 1.54) is 0 Å². The van der Waals surface area contributed by atoms with Crippen LogP contribution in [0.15, 0.2) is 40.9 Å². The summed E-state index contributed by atoms with van der Waals surface area (Å²) in [5.41, 5.74) is 7.26. The van der Waals surface area contributed by atoms with Crippen LogP contribution in [0, 0.1) is 0 Å². The lowest BCUT2D eigenvalue weighted by Gasteiger charge is -2.05. The van der Waals surface area contributed by atoms with Gasteiger partial charge in [0.1, 0.15) is 6.61 Å². The van der Waals surface area contributed by atoms with Crippen molar-refractivity contribution in [3.8, 4) is 5.88 Å². The third-order valence-electron chi connectivity index (χ3n) is 2.18. The molecule has 2 rings (SSSR count). The minimum absolute atomic E-state index is 0.388. The summed E-state index contributed by atoms with van der Waals surface area (Å²) in [4.78, 5) is 0. The summed E-state index contributed by atoms with van der Waals surface area (Å²) in [6.07, 6.45) is 0. The Morgan fingerprint density at radius 2 is 2.06 bits per heavy atom. The summed E-state index contributed by atoms with van der Waals surface area (Å²) < 4.78 is 6.54. The van der Waals surface area contributed by atoms with Crippen molar-refractivity contribution in [2.75, 3.05) is 0 Å². The molecule has 17 heavy (non-hydrogen) atoms. The van der Waals surface area contributed by atoms with Crippen LogP contribution in [0.1, 0.15) is 11.3 Å². The van der Waals surface area contributed by atoms with Gasteiger partial charge >= 0.3 is 0 Å². The van der Waals surface area contributed by atoms with E-state index in [0.717, 1.165) is 15.7 Å². The van der Waals surface area contributed by atoms with Crippen molar-refractivity contribution in [1.82, 2.24) is 10.2 Å². The topological polar surface area (TPSA) is 61.0 Å². The van der Waals surface area contributed by atoms with Crippen molar-refractivity contribution in [1.29, 1.82) is 0 Å². The van der Waals surface area contributed by atoms with Gasteiger partial charge in [-0.15, -0.1) is 5.10 Å². The zero-order valence-electron chi connectivity index (χ0n) is 9.14. The third kappa shape index (κ3) is 3.51. The second-order valence-electron chi connectivity index (χ2n) is 3.49. The first-order valence-corrected chi connectivity index (χ1v) is 5.97. The number of aromatic nitrogens is 2. The molecular formula is C12H12BrN3O. The van der Waals surface area contributed by atoms with Crippen LogP contribution in [0.3, 0.4) is 0 Å². The van der Waals surface area contributed by atoms with Crippen LogP contribution in [0.2, 0.25) is 0 Å². The highest BCUT2D eigenvalue weighted by Crippen LogP contribution is 2.13. The molecule has 1 heterocycles. The van der Waals surface area contributed by atoms with Gasteiger partial charge in [-0.05, 0) is 23.8 Å². The quantitative estimate of drug-likeness (QED) is 0.939. The van der Waals surface area contributed by atoms with E-state index in [0.29, 0.717) is 19.0 Å². The van der Waals surface area contributed by atoms with Crippen molar-refractivity contribution in [3.63, 3.8) is 0 Å². The number of halogens is 1. The summed E-state index contributed by atoms with van der Waals surface area (Å²) in [5.74, 6) is 0.502. The molecule has 0 aliphatic rings. The number of ether oxygens (including phenoxy) is 1. The summed E-state index contributed by atoms with van der Waals surface area (Å²) in [5, 5.41) is 7.84. The first kappa shape index (κ1) is 12.0. The normalized spacial score (nSPS) is 10.2. The predicted octanol–water partition coefficient (Wildman–Crippen LogP) is 2.28. The molecule has 0 aliphatic heterocycles. The first-order valence-electron chi connectivity index (χ1n) is 5.18. The van der Waals surface area contributed by atoms with Crippen molar-refractivity contribution >= 4 is 15.9 Å². The second-order valence-corrected chi connectivity index (χ2v) is 4.40. The van der Waals surface area contributed by atoms with Crippen molar-refractivity contribution in [2.24, 2.45) is 5.73 Å². The average molecular weight is 294 g/mol. The van der Waals surface area contributed by atoms with E-state index < -0.39 is 0 Å². The van der Waals surface area contributed by atoms with Gasteiger partial charge in [0.2, 0.25) is 5.88 Å². The van der Waals surface area contributed by atoms with Crippen LogP contribution in [-0.4, -0.2) is 10.2 Å². The van der Waals surface area contributed by atoms with Crippen LogP contribution < -0.4 is 10.5 Å². The Morgan fingerprint density at radius 3 is 2.71 bits per heavy atom. The van der Waals surface area contributed by atoms with E-state index >= 15 is 0 Å². The molecule has 0 bridgehead atoms. The number of hydrogen-bond acceptors (Lipinski definition) is 4. The molecule has 0 saturated carbocycles. The molecule has 0 aliphatic carbocycles. The maximum Gasteiger partial charge on any atom is 0.233 e. The lowest BCUT2D eigenvalue weighted by atomic mass is 10.2. The van der Waals surface area contributed by atoms with Gasteiger partial charge in [-0.1, -0.05) is 28.1 Å². The minimum atomic E-state index is 0.388. The van der Waals surface area contributed by atoms with Gasteiger partial charge in [0, 0.05) is 17.1 Å². The van der Waals surface area contributed by atoms with Crippen LogP contribution in [0.25, 0.3) is 0 Å². The molecule has 4 nitrogen and oxygen atoms in total. The third-order valence-corrected chi connectivity index (χ3v) is 2.67. The Balaban J connectivity index is 1.97. The molecule has 0 saturated heterocycles. The smallest absolute Gasteiger partial charge is 0.233 e. The Hall–Kier alpha value is -1.46. The van der Waals surface area contributed by atoms with Crippen molar-refractivity contribution in [3.05, 3.63) is 52.1 Å². The van der Waals surface area contributed by atoms with E-state index in [1.807, 2.05) is 30.3 Å². The van der Waals surface area contributed by atoms with Gasteiger partial charge in [-0.2, -0.15) is 5.10 Å². The number of rotatable bonds is 4. The molecular weight excluding hydrogens is 282 g/mol. The van der Waals surface area contributed by atoms with Gasteiger partial charge in [0.05, 0.1) is 5.69 Å². The van der Waals surface area contributed by atoms with Crippen LogP contribution >= 0.6 is 15.9 Å². The molecule has 0 amide bonds. The lowest BCUT2D eigenvalue weighted by molar-refractivity contribution is 0.289. The van der Waals surface area contributed by atoms with Crippen molar-refractivity contribution < 1.29 is 4.74 Å². The molecule has 88 valence electrons. The summed E-state index contributed by atoms with van der Waals surface area (Å²) >= 11 is 3.41. The maximum atomic E-state index is 5.51. The average Bonchev–Trinajstić information content (AvgIpc) is 2.37. The molecule has 0 spiro atoms. The summed E-state index contributed by atoms with van der Waals surface area (Å²) in [6, 6.07) is 11.5.